The summed E-state index contributed by atoms with van der Waals surface area (Å²) < 4.78 is 22.1. The molecule has 0 unspecified atom stereocenters. The van der Waals surface area contributed by atoms with E-state index in [-0.39, 0.29) is 5.56 Å². The zero-order valence-corrected chi connectivity index (χ0v) is 12.6. The maximum absolute atomic E-state index is 11.7. The van der Waals surface area contributed by atoms with Crippen LogP contribution in [0.5, 0.6) is 0 Å². The summed E-state index contributed by atoms with van der Waals surface area (Å²) >= 11 is 0.433. The average molecular weight is 341 g/mol. The van der Waals surface area contributed by atoms with Crippen molar-refractivity contribution in [3.63, 3.8) is 0 Å². The van der Waals surface area contributed by atoms with E-state index in [1.165, 1.54) is 24.3 Å². The summed E-state index contributed by atoms with van der Waals surface area (Å²) in [5.41, 5.74) is 6.10. The minimum atomic E-state index is -5.01. The molecule has 11 heteroatoms. The number of hydrogen-bond donors (Lipinski definition) is 5. The van der Waals surface area contributed by atoms with E-state index >= 15 is 0 Å². The lowest BCUT2D eigenvalue weighted by atomic mass is 10.2. The standard InChI is InChI=1S/C9H13NO7P2S/c10-7-3-1-6(2-4-7)9(11)20-5-8(18(12,13)14)19(15,16)17/h1-4,8H,5,10H2,(H2,12,13,14)(H2,15,16,17). The predicted octanol–water partition coefficient (Wildman–Crippen LogP) is 0.824. The molecule has 0 heterocycles. The van der Waals surface area contributed by atoms with Crippen LogP contribution in [0, 0.1) is 0 Å². The predicted molar refractivity (Wildman–Crippen MR) is 75.5 cm³/mol. The van der Waals surface area contributed by atoms with Crippen molar-refractivity contribution < 1.29 is 33.5 Å². The molecule has 20 heavy (non-hydrogen) atoms. The molecule has 0 atom stereocenters. The van der Waals surface area contributed by atoms with Crippen LogP contribution in [0.4, 0.5) is 5.69 Å². The molecule has 0 saturated carbocycles. The molecule has 0 aliphatic carbocycles. The van der Waals surface area contributed by atoms with Gasteiger partial charge in [-0.1, -0.05) is 11.8 Å². The first-order valence-corrected chi connectivity index (χ1v) is 9.50. The van der Waals surface area contributed by atoms with Crippen LogP contribution in [0.25, 0.3) is 0 Å². The van der Waals surface area contributed by atoms with Gasteiger partial charge in [0.15, 0.2) is 5.40 Å². The lowest BCUT2D eigenvalue weighted by molar-refractivity contribution is 0.108. The summed E-state index contributed by atoms with van der Waals surface area (Å²) in [5.74, 6) is -0.683. The van der Waals surface area contributed by atoms with Gasteiger partial charge in [-0.05, 0) is 24.3 Å². The third-order valence-corrected chi connectivity index (χ3v) is 7.50. The monoisotopic (exact) mass is 341 g/mol. The molecule has 0 aliphatic rings. The normalized spacial score (nSPS) is 12.7. The van der Waals surface area contributed by atoms with E-state index in [1.807, 2.05) is 0 Å². The summed E-state index contributed by atoms with van der Waals surface area (Å²) in [6.45, 7) is 0. The Labute approximate surface area is 118 Å². The van der Waals surface area contributed by atoms with Crippen LogP contribution in [0.15, 0.2) is 24.3 Å². The van der Waals surface area contributed by atoms with Crippen molar-refractivity contribution in [2.24, 2.45) is 0 Å². The number of nitrogen functional groups attached to an aromatic ring is 1. The van der Waals surface area contributed by atoms with Crippen molar-refractivity contribution in [1.82, 2.24) is 0 Å². The fraction of sp³-hybridized carbons (Fsp3) is 0.222. The molecule has 0 aliphatic heterocycles. The molecule has 0 saturated heterocycles. The molecule has 0 bridgehead atoms. The van der Waals surface area contributed by atoms with Gasteiger partial charge in [-0.3, -0.25) is 13.9 Å². The molecule has 0 fully saturated rings. The number of carbonyl (C=O) groups is 1. The van der Waals surface area contributed by atoms with Gasteiger partial charge in [0.05, 0.1) is 0 Å². The second kappa shape index (κ2) is 6.41. The SMILES string of the molecule is Nc1ccc(C(=O)SCC(P(=O)(O)O)P(=O)(O)O)cc1. The van der Waals surface area contributed by atoms with Crippen molar-refractivity contribution in [3.05, 3.63) is 29.8 Å². The highest BCUT2D eigenvalue weighted by molar-refractivity contribution is 8.14. The van der Waals surface area contributed by atoms with Gasteiger partial charge >= 0.3 is 15.2 Å². The van der Waals surface area contributed by atoms with Crippen molar-refractivity contribution in [2.75, 3.05) is 11.5 Å². The van der Waals surface area contributed by atoms with E-state index in [4.69, 9.17) is 25.3 Å². The molecule has 0 aromatic heterocycles. The van der Waals surface area contributed by atoms with Gasteiger partial charge in [0.2, 0.25) is 5.12 Å². The number of benzene rings is 1. The molecule has 1 rings (SSSR count). The van der Waals surface area contributed by atoms with Crippen LogP contribution >= 0.6 is 27.0 Å². The van der Waals surface area contributed by atoms with Crippen LogP contribution in [0.2, 0.25) is 0 Å². The third-order valence-electron chi connectivity index (χ3n) is 2.29. The van der Waals surface area contributed by atoms with E-state index in [9.17, 15) is 13.9 Å². The average Bonchev–Trinajstić information content (AvgIpc) is 2.26. The Morgan fingerprint density at radius 2 is 1.55 bits per heavy atom. The highest BCUT2D eigenvalue weighted by Gasteiger charge is 2.43. The Morgan fingerprint density at radius 3 is 1.95 bits per heavy atom. The molecular formula is C9H13NO7P2S. The highest BCUT2D eigenvalue weighted by Crippen LogP contribution is 2.60. The van der Waals surface area contributed by atoms with Gasteiger partial charge in [-0.2, -0.15) is 0 Å². The molecule has 8 nitrogen and oxygen atoms in total. The van der Waals surface area contributed by atoms with E-state index in [2.05, 4.69) is 0 Å². The Bertz CT molecular complexity index is 556. The summed E-state index contributed by atoms with van der Waals surface area (Å²) in [7, 11) is -10.0. The first-order valence-electron chi connectivity index (χ1n) is 5.15. The number of rotatable bonds is 5. The number of anilines is 1. The van der Waals surface area contributed by atoms with E-state index < -0.39 is 31.5 Å². The Morgan fingerprint density at radius 1 is 1.10 bits per heavy atom. The lowest BCUT2D eigenvalue weighted by Gasteiger charge is -2.18. The zero-order valence-electron chi connectivity index (χ0n) is 9.99. The maximum Gasteiger partial charge on any atom is 0.341 e. The van der Waals surface area contributed by atoms with Crippen LogP contribution in [-0.4, -0.2) is 35.8 Å². The summed E-state index contributed by atoms with van der Waals surface area (Å²) in [4.78, 5) is 47.4. The third kappa shape index (κ3) is 5.03. The summed E-state index contributed by atoms with van der Waals surface area (Å²) in [6, 6.07) is 5.76. The van der Waals surface area contributed by atoms with Crippen LogP contribution < -0.4 is 5.73 Å². The topological polar surface area (TPSA) is 158 Å². The van der Waals surface area contributed by atoms with Crippen molar-refractivity contribution >= 4 is 37.8 Å². The van der Waals surface area contributed by atoms with Crippen LogP contribution in [-0.2, 0) is 9.13 Å². The minimum Gasteiger partial charge on any atom is -0.399 e. The largest absolute Gasteiger partial charge is 0.399 e. The smallest absolute Gasteiger partial charge is 0.341 e. The van der Waals surface area contributed by atoms with Gasteiger partial charge in [0, 0.05) is 17.0 Å². The van der Waals surface area contributed by atoms with E-state index in [0.29, 0.717) is 17.4 Å². The Hall–Kier alpha value is -0.660. The quantitative estimate of drug-likeness (QED) is 0.386. The molecule has 6 N–H and O–H groups in total. The van der Waals surface area contributed by atoms with Gasteiger partial charge in [0.25, 0.3) is 0 Å². The van der Waals surface area contributed by atoms with Crippen molar-refractivity contribution in [2.45, 2.75) is 5.40 Å². The van der Waals surface area contributed by atoms with Gasteiger partial charge in [0.1, 0.15) is 0 Å². The molecule has 1 aromatic carbocycles. The fourth-order valence-corrected chi connectivity index (χ4v) is 5.41. The van der Waals surface area contributed by atoms with E-state index in [1.54, 1.807) is 0 Å². The van der Waals surface area contributed by atoms with Crippen LogP contribution in [0.3, 0.4) is 0 Å². The zero-order chi connectivity index (χ0) is 15.6. The highest BCUT2D eigenvalue weighted by atomic mass is 32.2. The van der Waals surface area contributed by atoms with Gasteiger partial charge < -0.3 is 25.3 Å². The fourth-order valence-electron chi connectivity index (χ4n) is 1.24. The molecular weight excluding hydrogens is 328 g/mol. The van der Waals surface area contributed by atoms with Crippen LogP contribution in [0.1, 0.15) is 10.4 Å². The summed E-state index contributed by atoms with van der Waals surface area (Å²) in [6.07, 6.45) is 0. The first kappa shape index (κ1) is 17.4. The number of hydrogen-bond acceptors (Lipinski definition) is 5. The van der Waals surface area contributed by atoms with Gasteiger partial charge in [-0.25, -0.2) is 0 Å². The second-order valence-corrected chi connectivity index (χ2v) is 8.88. The number of carbonyl (C=O) groups excluding carboxylic acids is 1. The minimum absolute atomic E-state index is 0.222. The second-order valence-electron chi connectivity index (χ2n) is 3.88. The van der Waals surface area contributed by atoms with Gasteiger partial charge in [-0.15, -0.1) is 0 Å². The number of thioether (sulfide) groups is 1. The van der Waals surface area contributed by atoms with Crippen molar-refractivity contribution in [3.8, 4) is 0 Å². The molecule has 0 amide bonds. The molecule has 0 radical (unpaired) electrons. The maximum atomic E-state index is 11.7. The van der Waals surface area contributed by atoms with Crippen molar-refractivity contribution in [1.29, 1.82) is 0 Å². The molecule has 1 aromatic rings. The lowest BCUT2D eigenvalue weighted by Crippen LogP contribution is -2.13. The Kier molecular flexibility index (Phi) is 5.57. The number of nitrogens with two attached hydrogens (primary N) is 1. The Balaban J connectivity index is 2.79. The molecule has 112 valence electrons. The van der Waals surface area contributed by atoms with E-state index in [0.717, 1.165) is 0 Å². The summed E-state index contributed by atoms with van der Waals surface area (Å²) in [5, 5.41) is -2.75. The first-order chi connectivity index (χ1) is 9.01. The molecule has 0 spiro atoms.